The molecule has 0 bridgehead atoms. The Morgan fingerprint density at radius 1 is 0.284 bits per heavy atom. The molecule has 74 heavy (non-hydrogen) atoms. The summed E-state index contributed by atoms with van der Waals surface area (Å²) in [5.74, 6) is -0.993. The lowest BCUT2D eigenvalue weighted by molar-refractivity contribution is -0.167. The van der Waals surface area contributed by atoms with Crippen LogP contribution < -0.4 is 0 Å². The van der Waals surface area contributed by atoms with Crippen molar-refractivity contribution in [1.82, 2.24) is 0 Å². The predicted octanol–water partition coefficient (Wildman–Crippen LogP) is 20.1. The third-order valence-corrected chi connectivity index (χ3v) is 11.7. The smallest absolute Gasteiger partial charge is 0.306 e. The van der Waals surface area contributed by atoms with Crippen LogP contribution in [-0.4, -0.2) is 37.2 Å². The third kappa shape index (κ3) is 57.9. The minimum Gasteiger partial charge on any atom is -0.462 e. The van der Waals surface area contributed by atoms with Crippen molar-refractivity contribution >= 4 is 17.9 Å². The van der Waals surface area contributed by atoms with Gasteiger partial charge in [-0.05, 0) is 141 Å². The van der Waals surface area contributed by atoms with Crippen LogP contribution in [0.25, 0.3) is 0 Å². The van der Waals surface area contributed by atoms with Gasteiger partial charge in [0.25, 0.3) is 0 Å². The van der Waals surface area contributed by atoms with E-state index in [9.17, 15) is 14.4 Å². The molecule has 0 N–H and O–H groups in total. The maximum atomic E-state index is 12.9. The molecular weight excluding hydrogens is 913 g/mol. The molecule has 0 aliphatic carbocycles. The second-order valence-corrected chi connectivity index (χ2v) is 18.8. The molecule has 0 heterocycles. The van der Waals surface area contributed by atoms with Crippen molar-refractivity contribution in [2.75, 3.05) is 13.2 Å². The molecule has 1 unspecified atom stereocenters. The van der Waals surface area contributed by atoms with Crippen LogP contribution in [0.5, 0.6) is 0 Å². The molecule has 0 radical (unpaired) electrons. The van der Waals surface area contributed by atoms with E-state index in [0.29, 0.717) is 19.3 Å². The first kappa shape index (κ1) is 69.0. The minimum absolute atomic E-state index is 0.114. The highest BCUT2D eigenvalue weighted by molar-refractivity contribution is 5.71. The van der Waals surface area contributed by atoms with Gasteiger partial charge in [-0.3, -0.25) is 14.4 Å². The Bertz CT molecular complexity index is 1690. The van der Waals surface area contributed by atoms with Crippen LogP contribution in [0.3, 0.4) is 0 Å². The van der Waals surface area contributed by atoms with Crippen molar-refractivity contribution in [3.63, 3.8) is 0 Å². The van der Waals surface area contributed by atoms with Gasteiger partial charge in [-0.15, -0.1) is 0 Å². The SMILES string of the molecule is CC/C=C\C/C=C\C/C=C\C/C=C\C/C=C\C/C=C\CCCCCCC(=O)OCC(COC(=O)CCCCCCC/C=C\C/C=C\CCCC)OC(=O)CCCCC/C=C\C/C=C\C/C=C\C/C=C\C/C=C\CC. The zero-order chi connectivity index (χ0) is 53.6. The van der Waals surface area contributed by atoms with Gasteiger partial charge < -0.3 is 14.2 Å². The van der Waals surface area contributed by atoms with Gasteiger partial charge in [-0.25, -0.2) is 0 Å². The molecule has 0 fully saturated rings. The van der Waals surface area contributed by atoms with Crippen LogP contribution in [-0.2, 0) is 28.6 Å². The zero-order valence-electron chi connectivity index (χ0n) is 47.3. The van der Waals surface area contributed by atoms with Crippen LogP contribution in [0.2, 0.25) is 0 Å². The minimum atomic E-state index is -0.821. The molecule has 1 atom stereocenters. The van der Waals surface area contributed by atoms with Gasteiger partial charge in [0.05, 0.1) is 0 Å². The monoisotopic (exact) mass is 1020 g/mol. The van der Waals surface area contributed by atoms with E-state index < -0.39 is 6.10 Å². The first-order valence-corrected chi connectivity index (χ1v) is 29.5. The van der Waals surface area contributed by atoms with Gasteiger partial charge in [0, 0.05) is 19.3 Å². The summed E-state index contributed by atoms with van der Waals surface area (Å²) in [4.78, 5) is 38.2. The largest absolute Gasteiger partial charge is 0.462 e. The van der Waals surface area contributed by atoms with Gasteiger partial charge in [0.2, 0.25) is 0 Å². The van der Waals surface area contributed by atoms with Crippen LogP contribution in [0.4, 0.5) is 0 Å². The Labute approximate surface area is 454 Å². The predicted molar refractivity (Wildman–Crippen MR) is 320 cm³/mol. The fourth-order valence-electron chi connectivity index (χ4n) is 7.37. The molecule has 0 saturated carbocycles. The summed E-state index contributed by atoms with van der Waals surface area (Å²) < 4.78 is 16.8. The number of hydrogen-bond acceptors (Lipinski definition) is 6. The molecule has 0 aromatic carbocycles. The van der Waals surface area contributed by atoms with Crippen LogP contribution in [0.1, 0.15) is 233 Å². The normalized spacial score (nSPS) is 13.3. The standard InChI is InChI=1S/C68H106O6/c1-4-7-10-13-16-19-22-25-28-30-32-33-34-35-37-38-40-43-46-49-52-55-58-61-67(70)73-64-65(63-72-66(69)60-57-54-51-48-45-42-27-24-21-18-15-12-9-6-3)74-68(71)62-59-56-53-50-47-44-41-39-36-31-29-26-23-20-17-14-11-8-5-2/h7-8,10-11,15-20,24-29,32-33,35-37,39-40,43-44,47,65H,4-6,9,12-14,21-23,30-31,34,38,41-42,45-46,48-64H2,1-3H3/b10-7-,11-8-,18-15-,19-16-,20-17-,27-24-,28-25-,29-26-,33-32-,37-35-,39-36-,43-40-,47-44-. The first-order valence-electron chi connectivity index (χ1n) is 29.5. The van der Waals surface area contributed by atoms with Gasteiger partial charge in [0.1, 0.15) is 13.2 Å². The quantitative estimate of drug-likeness (QED) is 0.0261. The summed E-state index contributed by atoms with van der Waals surface area (Å²) in [7, 11) is 0. The molecule has 0 aliphatic heterocycles. The molecule has 0 saturated heterocycles. The third-order valence-electron chi connectivity index (χ3n) is 11.7. The maximum Gasteiger partial charge on any atom is 0.306 e. The molecule has 0 amide bonds. The molecular formula is C68H106O6. The average molecular weight is 1020 g/mol. The van der Waals surface area contributed by atoms with E-state index in [2.05, 4.69) is 179 Å². The van der Waals surface area contributed by atoms with Crippen molar-refractivity contribution < 1.29 is 28.6 Å². The van der Waals surface area contributed by atoms with Crippen LogP contribution in [0.15, 0.2) is 158 Å². The van der Waals surface area contributed by atoms with E-state index in [4.69, 9.17) is 14.2 Å². The summed E-state index contributed by atoms with van der Waals surface area (Å²) in [5, 5.41) is 0. The lowest BCUT2D eigenvalue weighted by atomic mass is 10.1. The second kappa shape index (κ2) is 60.6. The van der Waals surface area contributed by atoms with Gasteiger partial charge >= 0.3 is 17.9 Å². The second-order valence-electron chi connectivity index (χ2n) is 18.8. The number of ether oxygens (including phenoxy) is 3. The van der Waals surface area contributed by atoms with E-state index in [-0.39, 0.29) is 37.5 Å². The van der Waals surface area contributed by atoms with Crippen molar-refractivity contribution in [3.8, 4) is 0 Å². The van der Waals surface area contributed by atoms with E-state index in [0.717, 1.165) is 167 Å². The van der Waals surface area contributed by atoms with Gasteiger partial charge in [-0.2, -0.15) is 0 Å². The van der Waals surface area contributed by atoms with E-state index in [1.165, 1.54) is 19.3 Å². The molecule has 0 spiro atoms. The zero-order valence-corrected chi connectivity index (χ0v) is 47.3. The summed E-state index contributed by atoms with van der Waals surface area (Å²) in [6.07, 6.45) is 88.0. The van der Waals surface area contributed by atoms with Crippen molar-refractivity contribution in [2.24, 2.45) is 0 Å². The Morgan fingerprint density at radius 2 is 0.527 bits per heavy atom. The summed E-state index contributed by atoms with van der Waals surface area (Å²) in [6, 6.07) is 0. The Kier molecular flexibility index (Phi) is 56.5. The van der Waals surface area contributed by atoms with Gasteiger partial charge in [-0.1, -0.05) is 230 Å². The Morgan fingerprint density at radius 3 is 0.838 bits per heavy atom. The molecule has 414 valence electrons. The highest BCUT2D eigenvalue weighted by Crippen LogP contribution is 2.12. The number of carbonyl (C=O) groups is 3. The molecule has 0 aromatic rings. The summed E-state index contributed by atoms with van der Waals surface area (Å²) in [5.41, 5.74) is 0. The molecule has 0 aliphatic rings. The fraction of sp³-hybridized carbons (Fsp3) is 0.574. The lowest BCUT2D eigenvalue weighted by Gasteiger charge is -2.18. The highest BCUT2D eigenvalue weighted by Gasteiger charge is 2.19. The van der Waals surface area contributed by atoms with E-state index >= 15 is 0 Å². The Balaban J connectivity index is 4.54. The Hall–Kier alpha value is -4.97. The first-order chi connectivity index (χ1) is 36.5. The lowest BCUT2D eigenvalue weighted by Crippen LogP contribution is -2.30. The number of unbranched alkanes of at least 4 members (excludes halogenated alkanes) is 14. The maximum absolute atomic E-state index is 12.9. The number of hydrogen-bond donors (Lipinski definition) is 0. The highest BCUT2D eigenvalue weighted by atomic mass is 16.6. The van der Waals surface area contributed by atoms with Crippen LogP contribution >= 0.6 is 0 Å². The van der Waals surface area contributed by atoms with Gasteiger partial charge in [0.15, 0.2) is 6.10 Å². The molecule has 6 heteroatoms. The molecule has 0 aromatic heterocycles. The fourth-order valence-corrected chi connectivity index (χ4v) is 7.37. The summed E-state index contributed by atoms with van der Waals surface area (Å²) >= 11 is 0. The number of esters is 3. The summed E-state index contributed by atoms with van der Waals surface area (Å²) in [6.45, 7) is 6.29. The molecule has 6 nitrogen and oxygen atoms in total. The van der Waals surface area contributed by atoms with Crippen LogP contribution in [0, 0.1) is 0 Å². The topological polar surface area (TPSA) is 78.9 Å². The molecule has 0 rings (SSSR count). The van der Waals surface area contributed by atoms with E-state index in [1.54, 1.807) is 0 Å². The number of allylic oxidation sites excluding steroid dienone is 26. The van der Waals surface area contributed by atoms with Crippen molar-refractivity contribution in [2.45, 2.75) is 239 Å². The van der Waals surface area contributed by atoms with Crippen molar-refractivity contribution in [1.29, 1.82) is 0 Å². The number of carbonyl (C=O) groups excluding carboxylic acids is 3. The number of rotatable bonds is 51. The average Bonchev–Trinajstić information content (AvgIpc) is 3.40. The van der Waals surface area contributed by atoms with Crippen molar-refractivity contribution in [3.05, 3.63) is 158 Å². The van der Waals surface area contributed by atoms with E-state index in [1.807, 2.05) is 0 Å².